The van der Waals surface area contributed by atoms with E-state index in [0.29, 0.717) is 5.75 Å². The Balaban J connectivity index is 2.08. The largest absolute Gasteiger partial charge is 0.496 e. The van der Waals surface area contributed by atoms with E-state index >= 15 is 0 Å². The van der Waals surface area contributed by atoms with Crippen molar-refractivity contribution in [1.29, 1.82) is 0 Å². The topological polar surface area (TPSA) is 73.9 Å². The van der Waals surface area contributed by atoms with Gasteiger partial charge < -0.3 is 19.5 Å². The summed E-state index contributed by atoms with van der Waals surface area (Å²) >= 11 is 0. The van der Waals surface area contributed by atoms with Gasteiger partial charge in [-0.25, -0.2) is 4.79 Å². The molecule has 6 nitrogen and oxygen atoms in total. The number of carbonyl (C=O) groups excluding carboxylic acids is 2. The predicted octanol–water partition coefficient (Wildman–Crippen LogP) is 3.79. The standard InChI is InChI=1S/C19H19F2NO5/c1-11-8-9-15(25-3)13(10-11)18(24)26-12(2)17(23)22-14-6-4-5-7-16(14)27-19(20)21/h4-10,12,19H,1-3H3,(H,22,23)/t12-/m0/s1. The molecule has 0 aliphatic heterocycles. The summed E-state index contributed by atoms with van der Waals surface area (Å²) in [6.07, 6.45) is -1.18. The number of para-hydroxylation sites is 2. The maximum Gasteiger partial charge on any atom is 0.387 e. The minimum atomic E-state index is -3.04. The molecule has 2 aromatic rings. The van der Waals surface area contributed by atoms with Crippen molar-refractivity contribution in [2.24, 2.45) is 0 Å². The van der Waals surface area contributed by atoms with E-state index in [9.17, 15) is 18.4 Å². The van der Waals surface area contributed by atoms with Gasteiger partial charge in [0.15, 0.2) is 6.10 Å². The van der Waals surface area contributed by atoms with Gasteiger partial charge in [-0.15, -0.1) is 0 Å². The molecular formula is C19H19F2NO5. The number of rotatable bonds is 7. The number of benzene rings is 2. The van der Waals surface area contributed by atoms with E-state index in [1.807, 2.05) is 0 Å². The van der Waals surface area contributed by atoms with Gasteiger partial charge in [-0.1, -0.05) is 23.8 Å². The summed E-state index contributed by atoms with van der Waals surface area (Å²) in [6.45, 7) is 0.130. The normalized spacial score (nSPS) is 11.6. The Labute approximate surface area is 155 Å². The molecule has 27 heavy (non-hydrogen) atoms. The third-order valence-corrected chi connectivity index (χ3v) is 3.59. The SMILES string of the molecule is COc1ccc(C)cc1C(=O)O[C@@H](C)C(=O)Nc1ccccc1OC(F)F. The average molecular weight is 379 g/mol. The maximum absolute atomic E-state index is 12.4. The number of alkyl halides is 2. The number of anilines is 1. The van der Waals surface area contributed by atoms with Crippen LogP contribution in [0.2, 0.25) is 0 Å². The van der Waals surface area contributed by atoms with Crippen LogP contribution < -0.4 is 14.8 Å². The zero-order valence-electron chi connectivity index (χ0n) is 15.0. The fourth-order valence-electron chi connectivity index (χ4n) is 2.26. The van der Waals surface area contributed by atoms with E-state index in [4.69, 9.17) is 9.47 Å². The van der Waals surface area contributed by atoms with Crippen molar-refractivity contribution in [2.45, 2.75) is 26.6 Å². The lowest BCUT2D eigenvalue weighted by Gasteiger charge is -2.16. The smallest absolute Gasteiger partial charge is 0.387 e. The van der Waals surface area contributed by atoms with E-state index in [1.54, 1.807) is 31.2 Å². The van der Waals surface area contributed by atoms with Crippen LogP contribution in [0.25, 0.3) is 0 Å². The van der Waals surface area contributed by atoms with Crippen molar-refractivity contribution >= 4 is 17.6 Å². The number of amides is 1. The molecule has 0 unspecified atom stereocenters. The first-order valence-corrected chi connectivity index (χ1v) is 8.02. The quantitative estimate of drug-likeness (QED) is 0.741. The monoisotopic (exact) mass is 379 g/mol. The Morgan fingerprint density at radius 3 is 2.44 bits per heavy atom. The number of ether oxygens (including phenoxy) is 3. The molecule has 0 aliphatic carbocycles. The summed E-state index contributed by atoms with van der Waals surface area (Å²) < 4.78 is 39.5. The molecule has 0 aromatic heterocycles. The average Bonchev–Trinajstić information content (AvgIpc) is 2.62. The highest BCUT2D eigenvalue weighted by Gasteiger charge is 2.22. The van der Waals surface area contributed by atoms with Crippen LogP contribution in [0.4, 0.5) is 14.5 Å². The van der Waals surface area contributed by atoms with E-state index in [1.165, 1.54) is 32.2 Å². The Hall–Kier alpha value is -3.16. The van der Waals surface area contributed by atoms with Gasteiger partial charge >= 0.3 is 12.6 Å². The minimum absolute atomic E-state index is 0.0406. The predicted molar refractivity (Wildman–Crippen MR) is 94.3 cm³/mol. The molecule has 1 N–H and O–H groups in total. The maximum atomic E-state index is 12.4. The van der Waals surface area contributed by atoms with Crippen LogP contribution in [-0.2, 0) is 9.53 Å². The molecule has 2 rings (SSSR count). The van der Waals surface area contributed by atoms with Gasteiger partial charge in [0, 0.05) is 0 Å². The summed E-state index contributed by atoms with van der Waals surface area (Å²) in [5.74, 6) is -1.32. The van der Waals surface area contributed by atoms with Crippen LogP contribution in [-0.4, -0.2) is 31.7 Å². The molecule has 0 saturated heterocycles. The minimum Gasteiger partial charge on any atom is -0.496 e. The number of aryl methyl sites for hydroxylation is 1. The van der Waals surface area contributed by atoms with E-state index < -0.39 is 24.6 Å². The second-order valence-corrected chi connectivity index (χ2v) is 5.62. The van der Waals surface area contributed by atoms with E-state index in [0.717, 1.165) is 5.56 Å². The Morgan fingerprint density at radius 1 is 1.07 bits per heavy atom. The van der Waals surface area contributed by atoms with Gasteiger partial charge in [0.2, 0.25) is 0 Å². The zero-order valence-corrected chi connectivity index (χ0v) is 15.0. The van der Waals surface area contributed by atoms with Crippen molar-refractivity contribution in [2.75, 3.05) is 12.4 Å². The molecule has 0 saturated carbocycles. The van der Waals surface area contributed by atoms with Crippen LogP contribution in [0.15, 0.2) is 42.5 Å². The molecule has 0 bridgehead atoms. The molecule has 0 spiro atoms. The summed E-state index contributed by atoms with van der Waals surface area (Å²) in [5.41, 5.74) is 1.04. The molecule has 8 heteroatoms. The molecule has 2 aromatic carbocycles. The highest BCUT2D eigenvalue weighted by Crippen LogP contribution is 2.26. The first-order valence-electron chi connectivity index (χ1n) is 8.02. The summed E-state index contributed by atoms with van der Waals surface area (Å²) in [7, 11) is 1.41. The molecule has 0 radical (unpaired) electrons. The number of methoxy groups -OCH3 is 1. The van der Waals surface area contributed by atoms with Crippen molar-refractivity contribution in [3.05, 3.63) is 53.6 Å². The van der Waals surface area contributed by atoms with Crippen LogP contribution in [0.1, 0.15) is 22.8 Å². The number of hydrogen-bond acceptors (Lipinski definition) is 5. The lowest BCUT2D eigenvalue weighted by Crippen LogP contribution is -2.30. The van der Waals surface area contributed by atoms with Crippen molar-refractivity contribution < 1.29 is 32.6 Å². The number of hydrogen-bond donors (Lipinski definition) is 1. The highest BCUT2D eigenvalue weighted by molar-refractivity contribution is 5.99. The van der Waals surface area contributed by atoms with Gasteiger partial charge in [0.25, 0.3) is 5.91 Å². The number of carbonyl (C=O) groups is 2. The van der Waals surface area contributed by atoms with Crippen LogP contribution in [0.5, 0.6) is 11.5 Å². The second-order valence-electron chi connectivity index (χ2n) is 5.62. The Morgan fingerprint density at radius 2 is 1.78 bits per heavy atom. The van der Waals surface area contributed by atoms with Crippen LogP contribution in [0, 0.1) is 6.92 Å². The highest BCUT2D eigenvalue weighted by atomic mass is 19.3. The summed E-state index contributed by atoms with van der Waals surface area (Å²) in [6, 6.07) is 10.7. The first kappa shape index (κ1) is 20.2. The molecule has 0 aliphatic rings. The van der Waals surface area contributed by atoms with E-state index in [2.05, 4.69) is 10.1 Å². The zero-order chi connectivity index (χ0) is 20.0. The number of halogens is 2. The number of nitrogens with one attached hydrogen (secondary N) is 1. The summed E-state index contributed by atoms with van der Waals surface area (Å²) in [5, 5.41) is 2.41. The third kappa shape index (κ3) is 5.40. The Bertz CT molecular complexity index is 825. The Kier molecular flexibility index (Phi) is 6.70. The molecule has 1 amide bonds. The molecular weight excluding hydrogens is 360 g/mol. The second kappa shape index (κ2) is 8.98. The summed E-state index contributed by atoms with van der Waals surface area (Å²) in [4.78, 5) is 24.6. The van der Waals surface area contributed by atoms with Crippen molar-refractivity contribution in [3.8, 4) is 11.5 Å². The van der Waals surface area contributed by atoms with Gasteiger partial charge in [0.1, 0.15) is 17.1 Å². The molecule has 1 atom stereocenters. The van der Waals surface area contributed by atoms with E-state index in [-0.39, 0.29) is 17.0 Å². The molecule has 144 valence electrons. The third-order valence-electron chi connectivity index (χ3n) is 3.59. The fraction of sp³-hybridized carbons (Fsp3) is 0.263. The van der Waals surface area contributed by atoms with Gasteiger partial charge in [-0.3, -0.25) is 4.79 Å². The number of esters is 1. The van der Waals surface area contributed by atoms with Crippen LogP contribution in [0.3, 0.4) is 0 Å². The molecule has 0 heterocycles. The lowest BCUT2D eigenvalue weighted by atomic mass is 10.1. The van der Waals surface area contributed by atoms with Gasteiger partial charge in [-0.2, -0.15) is 8.78 Å². The van der Waals surface area contributed by atoms with Crippen molar-refractivity contribution in [1.82, 2.24) is 0 Å². The first-order chi connectivity index (χ1) is 12.8. The van der Waals surface area contributed by atoms with Gasteiger partial charge in [0.05, 0.1) is 12.8 Å². The van der Waals surface area contributed by atoms with Gasteiger partial charge in [-0.05, 0) is 38.1 Å². The lowest BCUT2D eigenvalue weighted by molar-refractivity contribution is -0.123. The fourth-order valence-corrected chi connectivity index (χ4v) is 2.26. The van der Waals surface area contributed by atoms with Crippen LogP contribution >= 0.6 is 0 Å². The van der Waals surface area contributed by atoms with Crippen molar-refractivity contribution in [3.63, 3.8) is 0 Å². The molecule has 0 fully saturated rings.